The topological polar surface area (TPSA) is 9.23 Å². The maximum atomic E-state index is 5.19. The standard InChI is InChI=1S/C8H7O.C2H5.BrH.Mg/c1-2-4-8-6-9-5-7(8)3-1;1-2;;/h1,3-4H,5-6H2;1H2,2H3;1H;/q;;;+1/p-1. The van der Waals surface area contributed by atoms with E-state index in [0.717, 1.165) is 13.2 Å². The Hall–Kier alpha value is 0.426. The number of halogens is 1. The Kier molecular flexibility index (Phi) is 6.03. The van der Waals surface area contributed by atoms with Crippen LogP contribution in [0.25, 0.3) is 0 Å². The number of hydrogen-bond donors (Lipinski definition) is 0. The maximum Gasteiger partial charge on any atom is 0.468 e. The summed E-state index contributed by atoms with van der Waals surface area (Å²) in [6, 6.07) is 8.98. The van der Waals surface area contributed by atoms with E-state index in [1.165, 1.54) is 15.7 Å². The van der Waals surface area contributed by atoms with Gasteiger partial charge in [-0.1, -0.05) is 19.1 Å². The fourth-order valence-corrected chi connectivity index (χ4v) is 1.04. The first kappa shape index (κ1) is 11.5. The van der Waals surface area contributed by atoms with E-state index in [2.05, 4.69) is 31.9 Å². The van der Waals surface area contributed by atoms with Crippen LogP contribution in [-0.4, -0.2) is 18.2 Å². The van der Waals surface area contributed by atoms with E-state index < -0.39 is 0 Å². The molecule has 1 radical (unpaired) electrons. The summed E-state index contributed by atoms with van der Waals surface area (Å²) in [6.07, 6.45) is 0. The van der Waals surface area contributed by atoms with Gasteiger partial charge in [0.25, 0.3) is 0 Å². The van der Waals surface area contributed by atoms with Gasteiger partial charge in [-0.05, 0) is 23.3 Å². The van der Waals surface area contributed by atoms with Crippen LogP contribution in [0.15, 0.2) is 18.2 Å². The highest BCUT2D eigenvalue weighted by Crippen LogP contribution is 2.17. The molecule has 1 aromatic carbocycles. The van der Waals surface area contributed by atoms with Crippen LogP contribution in [0.3, 0.4) is 0 Å². The minimum absolute atomic E-state index is 0.237. The van der Waals surface area contributed by atoms with Gasteiger partial charge in [0.05, 0.1) is 13.2 Å². The molecule has 0 bridgehead atoms. The Balaban J connectivity index is 0.000000184. The van der Waals surface area contributed by atoms with Gasteiger partial charge in [0.2, 0.25) is 0 Å². The highest BCUT2D eigenvalue weighted by atomic mass is 79.9. The molecule has 1 nitrogen and oxygen atoms in total. The zero-order valence-electron chi connectivity index (χ0n) is 7.85. The van der Waals surface area contributed by atoms with E-state index in [9.17, 15) is 0 Å². The molecule has 1 aliphatic heterocycles. The number of ether oxygens (including phenoxy) is 1. The summed E-state index contributed by atoms with van der Waals surface area (Å²) in [5.74, 6) is 0. The van der Waals surface area contributed by atoms with Gasteiger partial charge in [-0.25, -0.2) is 0 Å². The van der Waals surface area contributed by atoms with Crippen molar-refractivity contribution >= 4 is 31.1 Å². The summed E-state index contributed by atoms with van der Waals surface area (Å²) in [5, 5.41) is 0. The number of fused-ring (bicyclic) bond motifs is 1. The maximum absolute atomic E-state index is 5.19. The van der Waals surface area contributed by atoms with Gasteiger partial charge < -0.3 is 17.6 Å². The summed E-state index contributed by atoms with van der Waals surface area (Å²) in [4.78, 5) is 0. The second kappa shape index (κ2) is 6.82. The van der Waals surface area contributed by atoms with Crippen molar-refractivity contribution in [2.24, 2.45) is 0 Å². The second-order valence-corrected chi connectivity index (χ2v) is 6.63. The number of hydrogen-bond acceptors (Lipinski definition) is 1. The smallest absolute Gasteiger partial charge is 0.372 e. The van der Waals surface area contributed by atoms with Crippen molar-refractivity contribution in [1.82, 2.24) is 0 Å². The summed E-state index contributed by atoms with van der Waals surface area (Å²) in [6.45, 7) is 3.75. The lowest BCUT2D eigenvalue weighted by Crippen LogP contribution is -1.77. The van der Waals surface area contributed by atoms with Gasteiger partial charge in [0.1, 0.15) is 0 Å². The summed E-state index contributed by atoms with van der Waals surface area (Å²) >= 11 is 3.62. The van der Waals surface area contributed by atoms with Crippen LogP contribution in [-0.2, 0) is 18.0 Å². The normalized spacial score (nSPS) is 12.5. The van der Waals surface area contributed by atoms with Gasteiger partial charge in [-0.15, -0.1) is 4.55 Å². The third kappa shape index (κ3) is 3.98. The molecule has 0 saturated heterocycles. The molecule has 2 rings (SSSR count). The molecule has 0 fully saturated rings. The predicted octanol–water partition coefficient (Wildman–Crippen LogP) is 2.96. The van der Waals surface area contributed by atoms with E-state index >= 15 is 0 Å². The lowest BCUT2D eigenvalue weighted by Gasteiger charge is -1.89. The molecule has 0 saturated carbocycles. The monoisotopic (exact) mass is 251 g/mol. The Morgan fingerprint density at radius 3 is 2.85 bits per heavy atom. The van der Waals surface area contributed by atoms with Crippen LogP contribution in [0.5, 0.6) is 0 Å². The second-order valence-electron chi connectivity index (χ2n) is 2.88. The van der Waals surface area contributed by atoms with Gasteiger partial charge >= 0.3 is 18.2 Å². The minimum Gasteiger partial charge on any atom is -0.372 e. The first-order valence-corrected chi connectivity index (χ1v) is 9.40. The molecule has 0 unspecified atom stereocenters. The van der Waals surface area contributed by atoms with Gasteiger partial charge in [0, 0.05) is 0 Å². The third-order valence-electron chi connectivity index (χ3n) is 1.75. The fraction of sp³-hybridized carbons (Fsp3) is 0.400. The largest absolute Gasteiger partial charge is 0.468 e. The van der Waals surface area contributed by atoms with Gasteiger partial charge in [0.15, 0.2) is 0 Å². The average Bonchev–Trinajstić information content (AvgIpc) is 2.66. The van der Waals surface area contributed by atoms with Crippen molar-refractivity contribution in [3.63, 3.8) is 0 Å². The van der Waals surface area contributed by atoms with Crippen molar-refractivity contribution in [2.75, 3.05) is 0 Å². The molecule has 1 heterocycles. The van der Waals surface area contributed by atoms with E-state index in [0.29, 0.717) is 0 Å². The summed E-state index contributed by atoms with van der Waals surface area (Å²) < 4.78 is 6.57. The van der Waals surface area contributed by atoms with Gasteiger partial charge in [-0.2, -0.15) is 0 Å². The van der Waals surface area contributed by atoms with Crippen molar-refractivity contribution < 1.29 is 4.74 Å². The Morgan fingerprint density at radius 1 is 1.54 bits per heavy atom. The van der Waals surface area contributed by atoms with Crippen molar-refractivity contribution in [3.05, 3.63) is 35.4 Å². The van der Waals surface area contributed by atoms with Gasteiger partial charge in [-0.3, -0.25) is 0 Å². The Morgan fingerprint density at radius 2 is 2.23 bits per heavy atom. The van der Waals surface area contributed by atoms with Crippen LogP contribution in [0.1, 0.15) is 18.1 Å². The molecule has 13 heavy (non-hydrogen) atoms. The minimum atomic E-state index is 0.237. The first-order chi connectivity index (χ1) is 6.38. The third-order valence-corrected chi connectivity index (χ3v) is 4.51. The van der Waals surface area contributed by atoms with Crippen LogP contribution in [0.2, 0.25) is 4.55 Å². The van der Waals surface area contributed by atoms with Crippen LogP contribution >= 0.6 is 12.9 Å². The molecule has 0 amide bonds. The quantitative estimate of drug-likeness (QED) is 0.698. The van der Waals surface area contributed by atoms with E-state index in [1.54, 1.807) is 0 Å². The zero-order valence-corrected chi connectivity index (χ0v) is 10.8. The summed E-state index contributed by atoms with van der Waals surface area (Å²) in [7, 11) is 0. The van der Waals surface area contributed by atoms with E-state index in [4.69, 9.17) is 4.74 Å². The molecule has 0 N–H and O–H groups in total. The van der Waals surface area contributed by atoms with Crippen molar-refractivity contribution in [3.8, 4) is 0 Å². The molecule has 67 valence electrons. The average molecular weight is 252 g/mol. The first-order valence-electron chi connectivity index (χ1n) is 4.50. The molecular formula is C10H12BrMgO. The van der Waals surface area contributed by atoms with E-state index in [-0.39, 0.29) is 18.2 Å². The van der Waals surface area contributed by atoms with E-state index in [1.807, 2.05) is 12.1 Å². The SMILES string of the molecule is C[CH2][Mg][Br].[c]1ccc2c(c1)COC2. The number of benzene rings is 1. The predicted molar refractivity (Wildman–Crippen MR) is 58.9 cm³/mol. The molecule has 1 aliphatic rings. The van der Waals surface area contributed by atoms with Crippen LogP contribution in [0.4, 0.5) is 0 Å². The Bertz CT molecular complexity index is 227. The molecular weight excluding hydrogens is 240 g/mol. The lowest BCUT2D eigenvalue weighted by molar-refractivity contribution is 0.134. The number of rotatable bonds is 1. The van der Waals surface area contributed by atoms with Crippen LogP contribution < -0.4 is 0 Å². The van der Waals surface area contributed by atoms with Crippen LogP contribution in [0, 0.1) is 6.07 Å². The van der Waals surface area contributed by atoms with Crippen molar-refractivity contribution in [1.29, 1.82) is 0 Å². The molecule has 1 aromatic rings. The molecule has 0 aromatic heterocycles. The molecule has 3 heteroatoms. The summed E-state index contributed by atoms with van der Waals surface area (Å²) in [5.41, 5.74) is 2.60. The van der Waals surface area contributed by atoms with Crippen molar-refractivity contribution in [2.45, 2.75) is 24.7 Å². The fourth-order valence-electron chi connectivity index (χ4n) is 1.04. The lowest BCUT2D eigenvalue weighted by atomic mass is 10.1. The molecule has 0 aliphatic carbocycles. The molecule has 0 spiro atoms. The Labute approximate surface area is 95.5 Å². The molecule has 0 atom stereocenters. The highest BCUT2D eigenvalue weighted by molar-refractivity contribution is 9.23. The zero-order chi connectivity index (χ0) is 9.52. The highest BCUT2D eigenvalue weighted by Gasteiger charge is 2.07.